The summed E-state index contributed by atoms with van der Waals surface area (Å²) in [7, 11) is 0. The van der Waals surface area contributed by atoms with E-state index in [1.807, 2.05) is 0 Å². The van der Waals surface area contributed by atoms with E-state index in [1.165, 1.54) is 0 Å². The van der Waals surface area contributed by atoms with Gasteiger partial charge in [0, 0.05) is 0 Å². The lowest BCUT2D eigenvalue weighted by molar-refractivity contribution is 0.287. The zero-order valence-electron chi connectivity index (χ0n) is 6.81. The minimum Gasteiger partial charge on any atom is -0.517 e. The van der Waals surface area contributed by atoms with Gasteiger partial charge in [0.25, 0.3) is 0 Å². The van der Waals surface area contributed by atoms with Gasteiger partial charge in [-0.05, 0) is 12.1 Å². The summed E-state index contributed by atoms with van der Waals surface area (Å²) in [5.74, 6) is -3.29. The van der Waals surface area contributed by atoms with Crippen LogP contribution in [0.25, 0.3) is 0 Å². The molecule has 0 aliphatic carbocycles. The first-order valence-electron chi connectivity index (χ1n) is 3.68. The number of halogens is 5. The third kappa shape index (κ3) is 2.90. The second-order valence-electron chi connectivity index (χ2n) is 2.57. The van der Waals surface area contributed by atoms with Crippen molar-refractivity contribution in [3.8, 4) is 5.75 Å². The van der Waals surface area contributed by atoms with Crippen LogP contribution in [0, 0.1) is 11.6 Å². The molecule has 0 spiro atoms. The van der Waals surface area contributed by atoms with Crippen LogP contribution in [0.3, 0.4) is 0 Å². The molecule has 0 heterocycles. The molecule has 78 valence electrons. The third-order valence-corrected chi connectivity index (χ3v) is 1.34. The standard InChI is InChI=1S/C7H5BF5O/c9-5-2-1-3-6(10)7(5)14-4-8(11,12)13/h1-3H,4H2/q-1. The first-order chi connectivity index (χ1) is 6.40. The van der Waals surface area contributed by atoms with Crippen molar-refractivity contribution in [1.82, 2.24) is 0 Å². The first-order valence-corrected chi connectivity index (χ1v) is 3.68. The monoisotopic (exact) mass is 211 g/mol. The van der Waals surface area contributed by atoms with Crippen LogP contribution in [0.5, 0.6) is 5.75 Å². The van der Waals surface area contributed by atoms with Crippen molar-refractivity contribution in [1.29, 1.82) is 0 Å². The molecular formula is C7H5BF5O-. The molecule has 0 fully saturated rings. The fourth-order valence-electron chi connectivity index (χ4n) is 0.798. The Labute approximate surface area is 76.5 Å². The van der Waals surface area contributed by atoms with Gasteiger partial charge in [0.15, 0.2) is 17.4 Å². The zero-order chi connectivity index (χ0) is 10.8. The topological polar surface area (TPSA) is 9.23 Å². The molecule has 0 aromatic heterocycles. The van der Waals surface area contributed by atoms with Gasteiger partial charge in [0.05, 0.1) is 6.51 Å². The number of ether oxygens (including phenoxy) is 1. The van der Waals surface area contributed by atoms with Crippen LogP contribution in [-0.4, -0.2) is 13.5 Å². The van der Waals surface area contributed by atoms with E-state index in [1.54, 1.807) is 0 Å². The van der Waals surface area contributed by atoms with Gasteiger partial charge < -0.3 is 17.7 Å². The molecular weight excluding hydrogens is 206 g/mol. The van der Waals surface area contributed by atoms with E-state index in [2.05, 4.69) is 4.74 Å². The largest absolute Gasteiger partial charge is 0.517 e. The maximum absolute atomic E-state index is 12.7. The molecule has 0 radical (unpaired) electrons. The lowest BCUT2D eigenvalue weighted by Gasteiger charge is -2.15. The van der Waals surface area contributed by atoms with Crippen LogP contribution in [-0.2, 0) is 0 Å². The molecule has 1 aromatic carbocycles. The number of rotatable bonds is 3. The fourth-order valence-corrected chi connectivity index (χ4v) is 0.798. The predicted molar refractivity (Wildman–Crippen MR) is 40.9 cm³/mol. The molecule has 7 heteroatoms. The lowest BCUT2D eigenvalue weighted by Crippen LogP contribution is -2.26. The average molecular weight is 211 g/mol. The smallest absolute Gasteiger partial charge is 0.515 e. The summed E-state index contributed by atoms with van der Waals surface area (Å²) in [5.41, 5.74) is 0. The van der Waals surface area contributed by atoms with Gasteiger partial charge in [-0.25, -0.2) is 8.78 Å². The minimum atomic E-state index is -5.21. The fraction of sp³-hybridized carbons (Fsp3) is 0.143. The average Bonchev–Trinajstić information content (AvgIpc) is 2.01. The molecule has 0 aliphatic heterocycles. The van der Waals surface area contributed by atoms with Crippen molar-refractivity contribution < 1.29 is 26.5 Å². The SMILES string of the molecule is Fc1cccc(F)c1OC[B-](F)(F)F. The second-order valence-corrected chi connectivity index (χ2v) is 2.57. The molecule has 0 unspecified atom stereocenters. The van der Waals surface area contributed by atoms with Crippen molar-refractivity contribution in [2.45, 2.75) is 0 Å². The zero-order valence-corrected chi connectivity index (χ0v) is 6.81. The van der Waals surface area contributed by atoms with Crippen LogP contribution >= 0.6 is 0 Å². The minimum absolute atomic E-state index is 0.821. The Kier molecular flexibility index (Phi) is 2.98. The van der Waals surface area contributed by atoms with Crippen molar-refractivity contribution >= 4 is 6.98 Å². The summed E-state index contributed by atoms with van der Waals surface area (Å²) in [6, 6.07) is 2.68. The van der Waals surface area contributed by atoms with Crippen LogP contribution < -0.4 is 4.74 Å². The summed E-state index contributed by atoms with van der Waals surface area (Å²) >= 11 is 0. The molecule has 0 saturated carbocycles. The van der Waals surface area contributed by atoms with E-state index in [9.17, 15) is 21.7 Å². The number of hydrogen-bond acceptors (Lipinski definition) is 1. The second kappa shape index (κ2) is 3.85. The Morgan fingerprint density at radius 1 is 1.07 bits per heavy atom. The Bertz CT molecular complexity index is 304. The Balaban J connectivity index is 2.77. The van der Waals surface area contributed by atoms with Crippen LogP contribution in [0.2, 0.25) is 0 Å². The van der Waals surface area contributed by atoms with E-state index < -0.39 is 30.9 Å². The summed E-state index contributed by atoms with van der Waals surface area (Å²) in [5, 5.41) is 0. The Morgan fingerprint density at radius 2 is 1.57 bits per heavy atom. The van der Waals surface area contributed by atoms with E-state index in [0.29, 0.717) is 0 Å². The maximum Gasteiger partial charge on any atom is 0.515 e. The molecule has 0 amide bonds. The Morgan fingerprint density at radius 3 is 2.00 bits per heavy atom. The highest BCUT2D eigenvalue weighted by Gasteiger charge is 2.25. The molecule has 1 aromatic rings. The summed E-state index contributed by atoms with van der Waals surface area (Å²) < 4.78 is 64.5. The molecule has 1 rings (SSSR count). The van der Waals surface area contributed by atoms with Gasteiger partial charge in [0.2, 0.25) is 0 Å². The number of hydrogen-bond donors (Lipinski definition) is 0. The van der Waals surface area contributed by atoms with Crippen LogP contribution in [0.15, 0.2) is 18.2 Å². The van der Waals surface area contributed by atoms with Crippen LogP contribution in [0.1, 0.15) is 0 Å². The highest BCUT2D eigenvalue weighted by molar-refractivity contribution is 6.58. The quantitative estimate of drug-likeness (QED) is 0.551. The van der Waals surface area contributed by atoms with Gasteiger partial charge in [-0.1, -0.05) is 6.07 Å². The van der Waals surface area contributed by atoms with Crippen molar-refractivity contribution in [2.75, 3.05) is 6.51 Å². The number of para-hydroxylation sites is 1. The molecule has 0 aliphatic rings. The predicted octanol–water partition coefficient (Wildman–Crippen LogP) is 2.73. The highest BCUT2D eigenvalue weighted by Crippen LogP contribution is 2.22. The molecule has 0 saturated heterocycles. The maximum atomic E-state index is 12.7. The Hall–Kier alpha value is -1.27. The van der Waals surface area contributed by atoms with Crippen molar-refractivity contribution in [3.63, 3.8) is 0 Å². The molecule has 0 atom stereocenters. The summed E-state index contributed by atoms with van der Waals surface area (Å²) in [4.78, 5) is 0. The lowest BCUT2D eigenvalue weighted by atomic mass is 9.95. The molecule has 14 heavy (non-hydrogen) atoms. The van der Waals surface area contributed by atoms with E-state index in [4.69, 9.17) is 0 Å². The van der Waals surface area contributed by atoms with Gasteiger partial charge in [-0.2, -0.15) is 0 Å². The molecule has 0 bridgehead atoms. The van der Waals surface area contributed by atoms with Gasteiger partial charge in [-0.15, -0.1) is 0 Å². The van der Waals surface area contributed by atoms with Gasteiger partial charge in [0.1, 0.15) is 0 Å². The van der Waals surface area contributed by atoms with Gasteiger partial charge in [-0.3, -0.25) is 0 Å². The normalized spacial score (nSPS) is 11.5. The van der Waals surface area contributed by atoms with Crippen molar-refractivity contribution in [3.05, 3.63) is 29.8 Å². The molecule has 1 nitrogen and oxygen atoms in total. The first kappa shape index (κ1) is 10.8. The molecule has 0 N–H and O–H groups in total. The van der Waals surface area contributed by atoms with E-state index >= 15 is 0 Å². The van der Waals surface area contributed by atoms with E-state index in [0.717, 1.165) is 18.2 Å². The van der Waals surface area contributed by atoms with Crippen LogP contribution in [0.4, 0.5) is 21.7 Å². The highest BCUT2D eigenvalue weighted by atomic mass is 19.4. The summed E-state index contributed by atoms with van der Waals surface area (Å²) in [6.45, 7) is -6.87. The third-order valence-electron chi connectivity index (χ3n) is 1.34. The summed E-state index contributed by atoms with van der Waals surface area (Å²) in [6.07, 6.45) is 0. The van der Waals surface area contributed by atoms with Gasteiger partial charge >= 0.3 is 6.98 Å². The van der Waals surface area contributed by atoms with E-state index in [-0.39, 0.29) is 0 Å². The van der Waals surface area contributed by atoms with Crippen molar-refractivity contribution in [2.24, 2.45) is 0 Å². The number of benzene rings is 1.